The van der Waals surface area contributed by atoms with E-state index in [2.05, 4.69) is 15.5 Å². The third kappa shape index (κ3) is 4.60. The van der Waals surface area contributed by atoms with Crippen LogP contribution in [-0.2, 0) is 14.6 Å². The molecule has 0 saturated carbocycles. The molecule has 0 aliphatic rings. The van der Waals surface area contributed by atoms with Crippen molar-refractivity contribution in [2.24, 2.45) is 0 Å². The molecule has 2 aromatic heterocycles. The molecule has 11 heteroatoms. The summed E-state index contributed by atoms with van der Waals surface area (Å²) in [6.45, 7) is 7.23. The van der Waals surface area contributed by atoms with Crippen LogP contribution < -0.4 is 5.32 Å². The number of nitriles is 1. The lowest BCUT2D eigenvalue weighted by Gasteiger charge is -2.13. The molecule has 2 heterocycles. The monoisotopic (exact) mass is 489 g/mol. The molecular weight excluding hydrogens is 470 g/mol. The summed E-state index contributed by atoms with van der Waals surface area (Å²) in [6.07, 6.45) is 1.48. The molecule has 0 aliphatic carbocycles. The standard InChI is InChI=1S/C21H20ClN5O3S2/c1-5-32(29,30)21-26-25-20(31-21)24-19(28)16(11-23)10-15-9-12(2)27(14(15)4)18-8-6-7-17(22)13(18)3/h6-10H,5H2,1-4H3,(H,24,25,28). The van der Waals surface area contributed by atoms with Crippen molar-refractivity contribution in [2.45, 2.75) is 32.0 Å². The highest BCUT2D eigenvalue weighted by atomic mass is 35.5. The molecule has 0 radical (unpaired) electrons. The first kappa shape index (κ1) is 23.7. The minimum atomic E-state index is -3.53. The number of anilines is 1. The fourth-order valence-electron chi connectivity index (χ4n) is 3.12. The van der Waals surface area contributed by atoms with Crippen molar-refractivity contribution in [1.29, 1.82) is 5.26 Å². The molecule has 3 aromatic rings. The van der Waals surface area contributed by atoms with E-state index in [4.69, 9.17) is 11.6 Å². The molecule has 0 unspecified atom stereocenters. The van der Waals surface area contributed by atoms with Gasteiger partial charge in [-0.25, -0.2) is 8.42 Å². The summed E-state index contributed by atoms with van der Waals surface area (Å²) >= 11 is 7.01. The van der Waals surface area contributed by atoms with E-state index in [0.717, 1.165) is 34.0 Å². The van der Waals surface area contributed by atoms with Gasteiger partial charge in [0.2, 0.25) is 19.3 Å². The summed E-state index contributed by atoms with van der Waals surface area (Å²) < 4.78 is 25.6. The topological polar surface area (TPSA) is 118 Å². The van der Waals surface area contributed by atoms with Crippen LogP contribution in [0.2, 0.25) is 5.02 Å². The van der Waals surface area contributed by atoms with Crippen molar-refractivity contribution in [3.05, 3.63) is 57.4 Å². The van der Waals surface area contributed by atoms with Crippen LogP contribution >= 0.6 is 22.9 Å². The number of hydrogen-bond acceptors (Lipinski definition) is 7. The summed E-state index contributed by atoms with van der Waals surface area (Å²) in [6, 6.07) is 9.39. The van der Waals surface area contributed by atoms with Gasteiger partial charge < -0.3 is 4.57 Å². The number of aromatic nitrogens is 3. The van der Waals surface area contributed by atoms with E-state index >= 15 is 0 Å². The molecule has 3 rings (SSSR count). The Morgan fingerprint density at radius 1 is 1.31 bits per heavy atom. The summed E-state index contributed by atoms with van der Waals surface area (Å²) in [5.41, 5.74) is 4.12. The van der Waals surface area contributed by atoms with Crippen LogP contribution in [0.15, 0.2) is 34.2 Å². The number of aryl methyl sites for hydroxylation is 1. The second-order valence-electron chi connectivity index (χ2n) is 6.95. The highest BCUT2D eigenvalue weighted by Crippen LogP contribution is 2.28. The number of nitrogens with zero attached hydrogens (tertiary/aromatic N) is 4. The smallest absolute Gasteiger partial charge is 0.268 e. The SMILES string of the molecule is CCS(=O)(=O)c1nnc(NC(=O)C(C#N)=Cc2cc(C)n(-c3cccc(Cl)c3C)c2C)s1. The Hall–Kier alpha value is -3.00. The van der Waals surface area contributed by atoms with E-state index in [1.54, 1.807) is 0 Å². The Morgan fingerprint density at radius 3 is 2.69 bits per heavy atom. The molecule has 8 nitrogen and oxygen atoms in total. The van der Waals surface area contributed by atoms with E-state index < -0.39 is 15.7 Å². The van der Waals surface area contributed by atoms with Crippen LogP contribution in [0.25, 0.3) is 11.8 Å². The highest BCUT2D eigenvalue weighted by molar-refractivity contribution is 7.93. The third-order valence-corrected chi connectivity index (χ3v) is 8.32. The van der Waals surface area contributed by atoms with Crippen LogP contribution in [-0.4, -0.2) is 34.8 Å². The number of rotatable bonds is 6. The molecule has 1 amide bonds. The van der Waals surface area contributed by atoms with Gasteiger partial charge in [-0.1, -0.05) is 35.9 Å². The number of sulfone groups is 1. The van der Waals surface area contributed by atoms with Gasteiger partial charge in [0.15, 0.2) is 0 Å². The summed E-state index contributed by atoms with van der Waals surface area (Å²) in [5.74, 6) is -0.825. The zero-order chi connectivity index (χ0) is 23.6. The average Bonchev–Trinajstić information content (AvgIpc) is 3.33. The molecule has 0 fully saturated rings. The Kier molecular flexibility index (Phi) is 6.83. The molecule has 0 saturated heterocycles. The van der Waals surface area contributed by atoms with Crippen molar-refractivity contribution < 1.29 is 13.2 Å². The van der Waals surface area contributed by atoms with Crippen molar-refractivity contribution >= 4 is 49.9 Å². The van der Waals surface area contributed by atoms with Crippen molar-refractivity contribution in [3.63, 3.8) is 0 Å². The first-order valence-electron chi connectivity index (χ1n) is 9.52. The van der Waals surface area contributed by atoms with Crippen LogP contribution in [0.5, 0.6) is 0 Å². The predicted molar refractivity (Wildman–Crippen MR) is 125 cm³/mol. The van der Waals surface area contributed by atoms with Crippen LogP contribution in [0.4, 0.5) is 5.13 Å². The van der Waals surface area contributed by atoms with E-state index in [9.17, 15) is 18.5 Å². The first-order chi connectivity index (χ1) is 15.1. The summed E-state index contributed by atoms with van der Waals surface area (Å²) in [5, 5.41) is 19.9. The number of hydrogen-bond donors (Lipinski definition) is 1. The van der Waals surface area contributed by atoms with E-state index in [1.807, 2.05) is 55.7 Å². The van der Waals surface area contributed by atoms with Crippen LogP contribution in [0.3, 0.4) is 0 Å². The van der Waals surface area contributed by atoms with Crippen LogP contribution in [0, 0.1) is 32.1 Å². The number of carbonyl (C=O) groups is 1. The highest BCUT2D eigenvalue weighted by Gasteiger charge is 2.20. The van der Waals surface area contributed by atoms with E-state index in [1.165, 1.54) is 13.0 Å². The van der Waals surface area contributed by atoms with Gasteiger partial charge in [0, 0.05) is 22.1 Å². The maximum absolute atomic E-state index is 12.6. The molecule has 0 atom stereocenters. The third-order valence-electron chi connectivity index (χ3n) is 4.89. The maximum Gasteiger partial charge on any atom is 0.268 e. The lowest BCUT2D eigenvalue weighted by atomic mass is 10.1. The largest absolute Gasteiger partial charge is 0.318 e. The second-order valence-corrected chi connectivity index (χ2v) is 10.8. The lowest BCUT2D eigenvalue weighted by molar-refractivity contribution is -0.112. The molecule has 1 aromatic carbocycles. The molecular formula is C21H20ClN5O3S2. The zero-order valence-corrected chi connectivity index (χ0v) is 20.2. The van der Waals surface area contributed by atoms with Crippen LogP contribution in [0.1, 0.15) is 29.4 Å². The first-order valence-corrected chi connectivity index (χ1v) is 12.4. The second kappa shape index (κ2) is 9.24. The molecule has 0 aliphatic heterocycles. The molecule has 0 bridgehead atoms. The van der Waals surface area contributed by atoms with E-state index in [0.29, 0.717) is 10.6 Å². The Balaban J connectivity index is 1.93. The van der Waals surface area contributed by atoms with Gasteiger partial charge in [0.1, 0.15) is 11.6 Å². The Bertz CT molecular complexity index is 1380. The van der Waals surface area contributed by atoms with Gasteiger partial charge in [-0.05, 0) is 56.2 Å². The quantitative estimate of drug-likeness (QED) is 0.314. The fraction of sp³-hybridized carbons (Fsp3) is 0.238. The molecule has 166 valence electrons. The summed E-state index contributed by atoms with van der Waals surface area (Å²) in [7, 11) is -3.53. The van der Waals surface area contributed by atoms with E-state index in [-0.39, 0.29) is 20.8 Å². The van der Waals surface area contributed by atoms with Crippen molar-refractivity contribution in [3.8, 4) is 11.8 Å². The van der Waals surface area contributed by atoms with Gasteiger partial charge in [0.25, 0.3) is 5.91 Å². The molecule has 0 spiro atoms. The fourth-order valence-corrected chi connectivity index (χ4v) is 5.27. The van der Waals surface area contributed by atoms with Crippen molar-refractivity contribution in [1.82, 2.24) is 14.8 Å². The summed E-state index contributed by atoms with van der Waals surface area (Å²) in [4.78, 5) is 12.6. The lowest BCUT2D eigenvalue weighted by Crippen LogP contribution is -2.13. The molecule has 32 heavy (non-hydrogen) atoms. The minimum absolute atomic E-state index is 0.00296. The number of amides is 1. The number of carbonyl (C=O) groups excluding carboxylic acids is 1. The average molecular weight is 490 g/mol. The number of halogens is 1. The number of benzene rings is 1. The number of nitrogens with one attached hydrogen (secondary N) is 1. The zero-order valence-electron chi connectivity index (χ0n) is 17.8. The Morgan fingerprint density at radius 2 is 2.03 bits per heavy atom. The predicted octanol–water partition coefficient (Wildman–Crippen LogP) is 4.25. The van der Waals surface area contributed by atoms with Gasteiger partial charge >= 0.3 is 0 Å². The van der Waals surface area contributed by atoms with Gasteiger partial charge in [-0.2, -0.15) is 5.26 Å². The van der Waals surface area contributed by atoms with Crippen molar-refractivity contribution in [2.75, 3.05) is 11.1 Å². The van der Waals surface area contributed by atoms with Gasteiger partial charge in [0.05, 0.1) is 5.75 Å². The molecule has 1 N–H and O–H groups in total. The minimum Gasteiger partial charge on any atom is -0.318 e. The normalized spacial score (nSPS) is 11.9. The van der Waals surface area contributed by atoms with Gasteiger partial charge in [-0.15, -0.1) is 10.2 Å². The Labute approximate surface area is 195 Å². The van der Waals surface area contributed by atoms with Gasteiger partial charge in [-0.3, -0.25) is 10.1 Å². The maximum atomic E-state index is 12.6.